The molecule has 1 heterocycles. The van der Waals surface area contributed by atoms with Crippen molar-refractivity contribution < 1.29 is 14.3 Å². The van der Waals surface area contributed by atoms with E-state index in [9.17, 15) is 9.59 Å². The second-order valence-corrected chi connectivity index (χ2v) is 4.24. The van der Waals surface area contributed by atoms with Gasteiger partial charge in [-0.15, -0.1) is 0 Å². The maximum Gasteiger partial charge on any atom is 0.313 e. The van der Waals surface area contributed by atoms with Crippen molar-refractivity contribution in [2.24, 2.45) is 0 Å². The van der Waals surface area contributed by atoms with E-state index in [4.69, 9.17) is 5.26 Å². The van der Waals surface area contributed by atoms with Crippen LogP contribution in [0.2, 0.25) is 0 Å². The second kappa shape index (κ2) is 7.45. The van der Waals surface area contributed by atoms with Crippen LogP contribution in [0.15, 0.2) is 23.4 Å². The minimum Gasteiger partial charge on any atom is -0.466 e. The summed E-state index contributed by atoms with van der Waals surface area (Å²) in [4.78, 5) is 26.5. The minimum atomic E-state index is -0.523. The number of nitrogens with zero attached hydrogens (tertiary/aromatic N) is 2. The lowest BCUT2D eigenvalue weighted by atomic mass is 10.3. The zero-order chi connectivity index (χ0) is 13.4. The van der Waals surface area contributed by atoms with Crippen LogP contribution < -0.4 is 0 Å². The Morgan fingerprint density at radius 2 is 2.33 bits per heavy atom. The van der Waals surface area contributed by atoms with Gasteiger partial charge >= 0.3 is 5.97 Å². The minimum absolute atomic E-state index is 0.102. The zero-order valence-electron chi connectivity index (χ0n) is 9.88. The van der Waals surface area contributed by atoms with E-state index in [1.165, 1.54) is 0 Å². The Morgan fingerprint density at radius 3 is 3.00 bits per heavy atom. The van der Waals surface area contributed by atoms with Crippen molar-refractivity contribution in [3.05, 3.63) is 23.9 Å². The topological polar surface area (TPSA) is 80.1 Å². The first-order valence-corrected chi connectivity index (χ1v) is 6.31. The van der Waals surface area contributed by atoms with Crippen molar-refractivity contribution in [3.8, 4) is 6.07 Å². The summed E-state index contributed by atoms with van der Waals surface area (Å²) in [5, 5.41) is 9.33. The molecule has 0 saturated heterocycles. The SMILES string of the molecule is CCOC(=O)CC(=O)CSc1ncccc1C#N. The third-order valence-corrected chi connectivity index (χ3v) is 2.97. The number of thioether (sulfide) groups is 1. The van der Waals surface area contributed by atoms with Crippen LogP contribution in [0.4, 0.5) is 0 Å². The third-order valence-electron chi connectivity index (χ3n) is 1.91. The molecular formula is C12H12N2O3S. The Kier molecular flexibility index (Phi) is 5.88. The summed E-state index contributed by atoms with van der Waals surface area (Å²) >= 11 is 1.15. The van der Waals surface area contributed by atoms with E-state index in [1.54, 1.807) is 25.3 Å². The van der Waals surface area contributed by atoms with Gasteiger partial charge in [-0.2, -0.15) is 5.26 Å². The predicted octanol–water partition coefficient (Wildman–Crippen LogP) is 1.57. The summed E-state index contributed by atoms with van der Waals surface area (Å²) in [5.74, 6) is -0.664. The molecule has 18 heavy (non-hydrogen) atoms. The van der Waals surface area contributed by atoms with E-state index >= 15 is 0 Å². The van der Waals surface area contributed by atoms with Crippen LogP contribution in [0.3, 0.4) is 0 Å². The molecule has 0 atom stereocenters. The molecule has 0 amide bonds. The van der Waals surface area contributed by atoms with E-state index < -0.39 is 5.97 Å². The number of ketones is 1. The van der Waals surface area contributed by atoms with Gasteiger partial charge in [0.05, 0.1) is 17.9 Å². The van der Waals surface area contributed by atoms with Crippen LogP contribution in [0.5, 0.6) is 0 Å². The molecule has 0 saturated carbocycles. The van der Waals surface area contributed by atoms with E-state index in [0.29, 0.717) is 10.6 Å². The zero-order valence-corrected chi connectivity index (χ0v) is 10.7. The molecule has 0 aliphatic carbocycles. The van der Waals surface area contributed by atoms with Gasteiger partial charge in [-0.3, -0.25) is 9.59 Å². The summed E-state index contributed by atoms with van der Waals surface area (Å²) in [6.45, 7) is 1.95. The average Bonchev–Trinajstić information content (AvgIpc) is 2.37. The molecule has 1 aromatic rings. The number of carbonyl (C=O) groups is 2. The molecule has 94 valence electrons. The molecule has 0 radical (unpaired) electrons. The molecule has 0 aliphatic heterocycles. The number of ether oxygens (including phenoxy) is 1. The fraction of sp³-hybridized carbons (Fsp3) is 0.333. The number of rotatable bonds is 6. The number of esters is 1. The quantitative estimate of drug-likeness (QED) is 0.441. The lowest BCUT2D eigenvalue weighted by Gasteiger charge is -2.02. The van der Waals surface area contributed by atoms with Crippen LogP contribution >= 0.6 is 11.8 Å². The summed E-state index contributed by atoms with van der Waals surface area (Å²) < 4.78 is 4.67. The van der Waals surface area contributed by atoms with Gasteiger partial charge in [0, 0.05) is 6.20 Å². The molecule has 0 aliphatic rings. The number of nitriles is 1. The summed E-state index contributed by atoms with van der Waals surface area (Å²) in [7, 11) is 0. The van der Waals surface area contributed by atoms with E-state index in [1.807, 2.05) is 6.07 Å². The summed E-state index contributed by atoms with van der Waals surface area (Å²) in [6, 6.07) is 5.28. The van der Waals surface area contributed by atoms with Gasteiger partial charge in [-0.1, -0.05) is 11.8 Å². The molecule has 1 aromatic heterocycles. The molecule has 0 unspecified atom stereocenters. The van der Waals surface area contributed by atoms with Crippen molar-refractivity contribution in [2.75, 3.05) is 12.4 Å². The predicted molar refractivity (Wildman–Crippen MR) is 65.9 cm³/mol. The van der Waals surface area contributed by atoms with Gasteiger partial charge in [-0.05, 0) is 19.1 Å². The average molecular weight is 264 g/mol. The molecule has 0 fully saturated rings. The van der Waals surface area contributed by atoms with E-state index in [0.717, 1.165) is 11.8 Å². The second-order valence-electron chi connectivity index (χ2n) is 3.28. The maximum atomic E-state index is 11.5. The lowest BCUT2D eigenvalue weighted by molar-refractivity contribution is -0.145. The van der Waals surface area contributed by atoms with Crippen molar-refractivity contribution >= 4 is 23.5 Å². The smallest absolute Gasteiger partial charge is 0.313 e. The maximum absolute atomic E-state index is 11.5. The van der Waals surface area contributed by atoms with E-state index in [-0.39, 0.29) is 24.6 Å². The number of hydrogen-bond acceptors (Lipinski definition) is 6. The van der Waals surface area contributed by atoms with Gasteiger partial charge in [0.1, 0.15) is 17.5 Å². The largest absolute Gasteiger partial charge is 0.466 e. The Bertz CT molecular complexity index is 482. The van der Waals surface area contributed by atoms with Gasteiger partial charge in [-0.25, -0.2) is 4.98 Å². The normalized spacial score (nSPS) is 9.56. The summed E-state index contributed by atoms with van der Waals surface area (Å²) in [5.41, 5.74) is 0.423. The first-order valence-electron chi connectivity index (χ1n) is 5.32. The number of hydrogen-bond donors (Lipinski definition) is 0. The molecule has 0 spiro atoms. The molecule has 5 nitrogen and oxygen atoms in total. The summed E-state index contributed by atoms with van der Waals surface area (Å²) in [6.07, 6.45) is 1.31. The third kappa shape index (κ3) is 4.55. The highest BCUT2D eigenvalue weighted by Gasteiger charge is 2.12. The van der Waals surface area contributed by atoms with Gasteiger partial charge in [0.25, 0.3) is 0 Å². The van der Waals surface area contributed by atoms with Crippen molar-refractivity contribution in [1.82, 2.24) is 4.98 Å². The molecule has 0 aromatic carbocycles. The fourth-order valence-corrected chi connectivity index (χ4v) is 1.97. The molecule has 0 N–H and O–H groups in total. The molecular weight excluding hydrogens is 252 g/mol. The first kappa shape index (κ1) is 14.2. The number of aromatic nitrogens is 1. The number of carbonyl (C=O) groups excluding carboxylic acids is 2. The van der Waals surface area contributed by atoms with E-state index in [2.05, 4.69) is 9.72 Å². The van der Waals surface area contributed by atoms with Crippen LogP contribution in [0.25, 0.3) is 0 Å². The monoisotopic (exact) mass is 264 g/mol. The fourth-order valence-electron chi connectivity index (χ4n) is 1.16. The highest BCUT2D eigenvalue weighted by atomic mass is 32.2. The van der Waals surface area contributed by atoms with Crippen LogP contribution in [-0.2, 0) is 14.3 Å². The van der Waals surface area contributed by atoms with Crippen LogP contribution in [0, 0.1) is 11.3 Å². The van der Waals surface area contributed by atoms with Crippen molar-refractivity contribution in [1.29, 1.82) is 5.26 Å². The standard InChI is InChI=1S/C12H12N2O3S/c1-2-17-11(16)6-10(15)8-18-12-9(7-13)4-3-5-14-12/h3-5H,2,6,8H2,1H3. The highest BCUT2D eigenvalue weighted by Crippen LogP contribution is 2.19. The Morgan fingerprint density at radius 1 is 1.56 bits per heavy atom. The van der Waals surface area contributed by atoms with Gasteiger partial charge in [0.2, 0.25) is 0 Å². The lowest BCUT2D eigenvalue weighted by Crippen LogP contribution is -2.12. The van der Waals surface area contributed by atoms with Crippen molar-refractivity contribution in [2.45, 2.75) is 18.4 Å². The Hall–Kier alpha value is -1.87. The highest BCUT2D eigenvalue weighted by molar-refractivity contribution is 8.00. The van der Waals surface area contributed by atoms with Crippen molar-refractivity contribution in [3.63, 3.8) is 0 Å². The molecule has 0 bridgehead atoms. The molecule has 1 rings (SSSR count). The van der Waals surface area contributed by atoms with Gasteiger partial charge in [0.15, 0.2) is 5.78 Å². The van der Waals surface area contributed by atoms with Gasteiger partial charge < -0.3 is 4.74 Å². The molecule has 6 heteroatoms. The number of pyridine rings is 1. The van der Waals surface area contributed by atoms with Crippen LogP contribution in [-0.4, -0.2) is 29.1 Å². The Balaban J connectivity index is 2.48. The Labute approximate surface area is 109 Å². The number of Topliss-reactive ketones (excluding diaryl/α,β-unsaturated/α-hetero) is 1. The first-order chi connectivity index (χ1) is 8.67. The van der Waals surface area contributed by atoms with Crippen LogP contribution in [0.1, 0.15) is 18.9 Å².